The van der Waals surface area contributed by atoms with Crippen LogP contribution >= 0.6 is 11.8 Å². The molecule has 112 valence electrons. The van der Waals surface area contributed by atoms with Crippen LogP contribution in [0.4, 0.5) is 18.9 Å². The van der Waals surface area contributed by atoms with E-state index in [2.05, 4.69) is 0 Å². The number of aliphatic carboxylic acids is 1. The molecule has 20 heavy (non-hydrogen) atoms. The Labute approximate surface area is 119 Å². The van der Waals surface area contributed by atoms with Crippen LogP contribution in [-0.4, -0.2) is 35.4 Å². The van der Waals surface area contributed by atoms with Crippen molar-refractivity contribution in [1.82, 2.24) is 0 Å². The van der Waals surface area contributed by atoms with Gasteiger partial charge in [-0.05, 0) is 30.3 Å². The summed E-state index contributed by atoms with van der Waals surface area (Å²) in [7, 11) is 0. The number of alkyl halides is 3. The van der Waals surface area contributed by atoms with Crippen LogP contribution in [0.5, 0.6) is 0 Å². The van der Waals surface area contributed by atoms with E-state index in [0.717, 1.165) is 11.3 Å². The fraction of sp³-hybridized carbons (Fsp3) is 0.462. The maximum atomic E-state index is 12.2. The van der Waals surface area contributed by atoms with Gasteiger partial charge in [0.1, 0.15) is 0 Å². The summed E-state index contributed by atoms with van der Waals surface area (Å²) < 4.78 is 36.5. The molecule has 0 aliphatic heterocycles. The Morgan fingerprint density at radius 3 is 2.50 bits per heavy atom. The summed E-state index contributed by atoms with van der Waals surface area (Å²) in [5, 5.41) is 8.72. The van der Waals surface area contributed by atoms with Gasteiger partial charge in [0.25, 0.3) is 0 Å². The second-order valence-corrected chi connectivity index (χ2v) is 5.37. The lowest BCUT2D eigenvalue weighted by Gasteiger charge is -2.26. The molecule has 0 fully saturated rings. The summed E-state index contributed by atoms with van der Waals surface area (Å²) in [6.45, 7) is 2.20. The highest BCUT2D eigenvalue weighted by Crippen LogP contribution is 2.30. The largest absolute Gasteiger partial charge is 0.481 e. The number of para-hydroxylation sites is 1. The molecule has 1 aromatic rings. The Hall–Kier alpha value is -1.37. The lowest BCUT2D eigenvalue weighted by Crippen LogP contribution is -2.29. The number of carbonyl (C=O) groups is 1. The molecule has 0 saturated heterocycles. The number of hydrogen-bond donors (Lipinski definition) is 1. The van der Waals surface area contributed by atoms with Crippen molar-refractivity contribution in [3.63, 3.8) is 0 Å². The maximum Gasteiger partial charge on any atom is 0.441 e. The van der Waals surface area contributed by atoms with Crippen molar-refractivity contribution in [2.75, 3.05) is 23.7 Å². The standard InChI is InChI=1S/C13H16F3NO2S/c1-10-4-2-3-5-11(10)17(7-6-12(18)19)8-9-20-13(14,15)16/h2-5H,6-9H2,1H3,(H,18,19). The van der Waals surface area contributed by atoms with Gasteiger partial charge in [-0.15, -0.1) is 0 Å². The monoisotopic (exact) mass is 307 g/mol. The number of carboxylic acid groups (broad SMARTS) is 1. The van der Waals surface area contributed by atoms with Gasteiger partial charge in [-0.2, -0.15) is 13.2 Å². The van der Waals surface area contributed by atoms with Gasteiger partial charge in [0.15, 0.2) is 0 Å². The molecule has 1 aromatic carbocycles. The lowest BCUT2D eigenvalue weighted by atomic mass is 10.1. The smallest absolute Gasteiger partial charge is 0.441 e. The highest BCUT2D eigenvalue weighted by Gasteiger charge is 2.28. The normalized spacial score (nSPS) is 11.4. The number of halogens is 3. The minimum absolute atomic E-state index is 0.0924. The van der Waals surface area contributed by atoms with Crippen molar-refractivity contribution in [1.29, 1.82) is 0 Å². The SMILES string of the molecule is Cc1ccccc1N(CCSC(F)(F)F)CCC(=O)O. The van der Waals surface area contributed by atoms with Crippen molar-refractivity contribution >= 4 is 23.4 Å². The van der Waals surface area contributed by atoms with E-state index >= 15 is 0 Å². The second-order valence-electron chi connectivity index (χ2n) is 4.21. The minimum Gasteiger partial charge on any atom is -0.481 e. The van der Waals surface area contributed by atoms with E-state index in [4.69, 9.17) is 5.11 Å². The number of benzene rings is 1. The number of nitrogens with zero attached hydrogens (tertiary/aromatic N) is 1. The third-order valence-electron chi connectivity index (χ3n) is 2.68. The van der Waals surface area contributed by atoms with E-state index < -0.39 is 11.5 Å². The first-order valence-electron chi connectivity index (χ1n) is 6.02. The van der Waals surface area contributed by atoms with Gasteiger partial charge in [0.2, 0.25) is 0 Å². The topological polar surface area (TPSA) is 40.5 Å². The fourth-order valence-electron chi connectivity index (χ4n) is 1.77. The highest BCUT2D eigenvalue weighted by molar-refractivity contribution is 8.00. The van der Waals surface area contributed by atoms with Gasteiger partial charge < -0.3 is 10.0 Å². The maximum absolute atomic E-state index is 12.2. The van der Waals surface area contributed by atoms with Crippen molar-refractivity contribution in [2.24, 2.45) is 0 Å². The number of thioether (sulfide) groups is 1. The molecule has 7 heteroatoms. The second kappa shape index (κ2) is 7.42. The molecule has 1 rings (SSSR count). The van der Waals surface area contributed by atoms with Crippen LogP contribution in [-0.2, 0) is 4.79 Å². The van der Waals surface area contributed by atoms with Gasteiger partial charge in [0.05, 0.1) is 6.42 Å². The van der Waals surface area contributed by atoms with Crippen LogP contribution in [0.25, 0.3) is 0 Å². The van der Waals surface area contributed by atoms with Gasteiger partial charge in [-0.25, -0.2) is 0 Å². The van der Waals surface area contributed by atoms with Gasteiger partial charge >= 0.3 is 11.5 Å². The van der Waals surface area contributed by atoms with Crippen LogP contribution in [0.3, 0.4) is 0 Å². The molecule has 0 radical (unpaired) electrons. The number of rotatable bonds is 7. The molecule has 0 aliphatic rings. The Bertz CT molecular complexity index is 451. The van der Waals surface area contributed by atoms with Crippen LogP contribution in [0.1, 0.15) is 12.0 Å². The van der Waals surface area contributed by atoms with E-state index in [1.165, 1.54) is 0 Å². The third-order valence-corrected chi connectivity index (χ3v) is 3.39. The Morgan fingerprint density at radius 1 is 1.30 bits per heavy atom. The van der Waals surface area contributed by atoms with Crippen molar-refractivity contribution in [3.05, 3.63) is 29.8 Å². The zero-order chi connectivity index (χ0) is 15.2. The van der Waals surface area contributed by atoms with E-state index in [1.807, 2.05) is 19.1 Å². The Balaban J connectivity index is 2.70. The van der Waals surface area contributed by atoms with Crippen molar-refractivity contribution in [3.8, 4) is 0 Å². The summed E-state index contributed by atoms with van der Waals surface area (Å²) in [6, 6.07) is 7.25. The molecule has 0 spiro atoms. The molecule has 0 saturated carbocycles. The first-order valence-corrected chi connectivity index (χ1v) is 7.01. The summed E-state index contributed by atoms with van der Waals surface area (Å²) in [5.74, 6) is -1.09. The van der Waals surface area contributed by atoms with Crippen LogP contribution in [0.15, 0.2) is 24.3 Å². The first kappa shape index (κ1) is 16.7. The van der Waals surface area contributed by atoms with E-state index in [1.54, 1.807) is 17.0 Å². The van der Waals surface area contributed by atoms with Crippen LogP contribution in [0, 0.1) is 6.92 Å². The predicted molar refractivity (Wildman–Crippen MR) is 74.2 cm³/mol. The molecular formula is C13H16F3NO2S. The molecule has 0 aliphatic carbocycles. The number of hydrogen-bond acceptors (Lipinski definition) is 3. The summed E-state index contributed by atoms with van der Waals surface area (Å²) in [6.07, 6.45) is -0.106. The van der Waals surface area contributed by atoms with Gasteiger partial charge in [-0.1, -0.05) is 18.2 Å². The quantitative estimate of drug-likeness (QED) is 0.836. The molecule has 0 bridgehead atoms. The summed E-state index contributed by atoms with van der Waals surface area (Å²) >= 11 is -0.0924. The Kier molecular flexibility index (Phi) is 6.19. The molecule has 1 N–H and O–H groups in total. The van der Waals surface area contributed by atoms with E-state index in [-0.39, 0.29) is 37.0 Å². The molecular weight excluding hydrogens is 291 g/mol. The van der Waals surface area contributed by atoms with E-state index in [0.29, 0.717) is 0 Å². The van der Waals surface area contributed by atoms with E-state index in [9.17, 15) is 18.0 Å². The van der Waals surface area contributed by atoms with Gasteiger partial charge in [0, 0.05) is 24.5 Å². The molecule has 0 aromatic heterocycles. The molecule has 0 heterocycles. The first-order chi connectivity index (χ1) is 9.29. The zero-order valence-electron chi connectivity index (χ0n) is 11.0. The zero-order valence-corrected chi connectivity index (χ0v) is 11.8. The molecule has 0 amide bonds. The van der Waals surface area contributed by atoms with Gasteiger partial charge in [-0.3, -0.25) is 4.79 Å². The van der Waals surface area contributed by atoms with Crippen molar-refractivity contribution in [2.45, 2.75) is 18.9 Å². The number of anilines is 1. The highest BCUT2D eigenvalue weighted by atomic mass is 32.2. The fourth-order valence-corrected chi connectivity index (χ4v) is 2.32. The summed E-state index contributed by atoms with van der Waals surface area (Å²) in [5.41, 5.74) is -2.57. The predicted octanol–water partition coefficient (Wildman–Crippen LogP) is 3.53. The summed E-state index contributed by atoms with van der Waals surface area (Å²) in [4.78, 5) is 12.3. The molecule has 0 atom stereocenters. The molecule has 3 nitrogen and oxygen atoms in total. The third kappa shape index (κ3) is 6.18. The number of aryl methyl sites for hydroxylation is 1. The number of carboxylic acids is 1. The Morgan fingerprint density at radius 2 is 1.95 bits per heavy atom. The van der Waals surface area contributed by atoms with Crippen molar-refractivity contribution < 1.29 is 23.1 Å². The average Bonchev–Trinajstić information content (AvgIpc) is 2.33. The minimum atomic E-state index is -4.26. The molecule has 0 unspecified atom stereocenters. The van der Waals surface area contributed by atoms with Crippen LogP contribution in [0.2, 0.25) is 0 Å². The van der Waals surface area contributed by atoms with Crippen LogP contribution < -0.4 is 4.90 Å². The lowest BCUT2D eigenvalue weighted by molar-refractivity contribution is -0.136. The average molecular weight is 307 g/mol.